The van der Waals surface area contributed by atoms with E-state index in [1.54, 1.807) is 6.07 Å². The van der Waals surface area contributed by atoms with E-state index in [2.05, 4.69) is 28.5 Å². The molecule has 0 radical (unpaired) electrons. The van der Waals surface area contributed by atoms with Crippen molar-refractivity contribution in [3.63, 3.8) is 0 Å². The minimum atomic E-state index is -0.268. The van der Waals surface area contributed by atoms with Crippen LogP contribution in [0.3, 0.4) is 0 Å². The van der Waals surface area contributed by atoms with E-state index in [-0.39, 0.29) is 6.04 Å². The Morgan fingerprint density at radius 1 is 0.852 bits per heavy atom. The third kappa shape index (κ3) is 3.71. The molecule has 4 nitrogen and oxygen atoms in total. The minimum absolute atomic E-state index is 0.268. The van der Waals surface area contributed by atoms with E-state index in [0.29, 0.717) is 16.8 Å². The first kappa shape index (κ1) is 17.3. The molecule has 0 saturated carbocycles. The summed E-state index contributed by atoms with van der Waals surface area (Å²) in [6.07, 6.45) is 0. The van der Waals surface area contributed by atoms with Gasteiger partial charge in [0.05, 0.1) is 10.6 Å². The molecule has 0 fully saturated rings. The molecular weight excluding hydrogens is 358 g/mol. The fourth-order valence-corrected chi connectivity index (χ4v) is 3.13. The Balaban J connectivity index is 1.74. The van der Waals surface area contributed by atoms with Gasteiger partial charge in [-0.1, -0.05) is 72.3 Å². The topological polar surface area (TPSA) is 51.0 Å². The normalized spacial score (nSPS) is 11.9. The fraction of sp³-hybridized carbons (Fsp3) is 0.0909. The second kappa shape index (κ2) is 7.64. The van der Waals surface area contributed by atoms with E-state index in [9.17, 15) is 0 Å². The van der Waals surface area contributed by atoms with Crippen LogP contribution in [0.5, 0.6) is 0 Å². The highest BCUT2D eigenvalue weighted by Crippen LogP contribution is 2.31. The van der Waals surface area contributed by atoms with Crippen LogP contribution in [0.4, 0.5) is 5.69 Å². The minimum Gasteiger partial charge on any atom is -0.418 e. The molecule has 0 spiro atoms. The van der Waals surface area contributed by atoms with Crippen molar-refractivity contribution in [1.82, 2.24) is 10.2 Å². The van der Waals surface area contributed by atoms with Crippen LogP contribution in [-0.2, 0) is 0 Å². The number of nitrogens with zero attached hydrogens (tertiary/aromatic N) is 2. The summed E-state index contributed by atoms with van der Waals surface area (Å²) in [4.78, 5) is 0. The lowest BCUT2D eigenvalue weighted by molar-refractivity contribution is 0.494. The molecule has 134 valence electrons. The maximum absolute atomic E-state index is 6.27. The maximum Gasteiger partial charge on any atom is 0.249 e. The first-order valence-electron chi connectivity index (χ1n) is 8.68. The molecule has 0 aliphatic carbocycles. The number of nitrogens with one attached hydrogen (secondary N) is 1. The lowest BCUT2D eigenvalue weighted by Crippen LogP contribution is -2.13. The van der Waals surface area contributed by atoms with Gasteiger partial charge >= 0.3 is 0 Å². The van der Waals surface area contributed by atoms with Gasteiger partial charge in [0.25, 0.3) is 0 Å². The monoisotopic (exact) mass is 375 g/mol. The Bertz CT molecular complexity index is 1050. The van der Waals surface area contributed by atoms with E-state index in [1.807, 2.05) is 66.7 Å². The summed E-state index contributed by atoms with van der Waals surface area (Å²) >= 11 is 6.27. The second-order valence-corrected chi connectivity index (χ2v) is 6.64. The van der Waals surface area contributed by atoms with Gasteiger partial charge in [-0.2, -0.15) is 0 Å². The highest BCUT2D eigenvalue weighted by atomic mass is 35.5. The number of para-hydroxylation sites is 1. The molecule has 0 unspecified atom stereocenters. The molecule has 1 heterocycles. The maximum atomic E-state index is 6.27. The molecule has 0 saturated heterocycles. The molecule has 0 bridgehead atoms. The van der Waals surface area contributed by atoms with Gasteiger partial charge in [-0.05, 0) is 36.2 Å². The molecule has 3 aromatic carbocycles. The van der Waals surface area contributed by atoms with Crippen molar-refractivity contribution < 1.29 is 4.42 Å². The predicted molar refractivity (Wildman–Crippen MR) is 108 cm³/mol. The van der Waals surface area contributed by atoms with Gasteiger partial charge in [0, 0.05) is 5.69 Å². The zero-order chi connectivity index (χ0) is 18.6. The summed E-state index contributed by atoms with van der Waals surface area (Å²) in [6, 6.07) is 25.3. The molecule has 4 rings (SSSR count). The van der Waals surface area contributed by atoms with E-state index in [0.717, 1.165) is 22.4 Å². The number of anilines is 1. The number of halogens is 1. The number of aromatic nitrogens is 2. The third-order valence-electron chi connectivity index (χ3n) is 4.37. The Morgan fingerprint density at radius 2 is 1.56 bits per heavy atom. The van der Waals surface area contributed by atoms with Gasteiger partial charge in [-0.15, -0.1) is 10.2 Å². The molecule has 5 heteroatoms. The number of aryl methyl sites for hydroxylation is 1. The standard InChI is InChI=1S/C22H18ClN3O/c1-15-9-5-8-14-19(15)24-20(16-10-3-2-4-11-16)22-26-25-21(27-22)17-12-6-7-13-18(17)23/h2-14,20,24H,1H3/t20-/m0/s1. The van der Waals surface area contributed by atoms with Crippen LogP contribution < -0.4 is 5.32 Å². The quantitative estimate of drug-likeness (QED) is 0.471. The summed E-state index contributed by atoms with van der Waals surface area (Å²) in [6.45, 7) is 2.06. The number of hydrogen-bond donors (Lipinski definition) is 1. The molecule has 0 amide bonds. The van der Waals surface area contributed by atoms with Crippen molar-refractivity contribution in [2.75, 3.05) is 5.32 Å². The van der Waals surface area contributed by atoms with Crippen LogP contribution in [0.2, 0.25) is 5.02 Å². The van der Waals surface area contributed by atoms with Crippen LogP contribution >= 0.6 is 11.6 Å². The molecule has 1 atom stereocenters. The van der Waals surface area contributed by atoms with E-state index in [4.69, 9.17) is 16.0 Å². The highest BCUT2D eigenvalue weighted by molar-refractivity contribution is 6.33. The van der Waals surface area contributed by atoms with Gasteiger partial charge in [0.2, 0.25) is 11.8 Å². The molecule has 4 aromatic rings. The van der Waals surface area contributed by atoms with E-state index < -0.39 is 0 Å². The van der Waals surface area contributed by atoms with Crippen LogP contribution in [0, 0.1) is 6.92 Å². The summed E-state index contributed by atoms with van der Waals surface area (Å²) in [5, 5.41) is 12.6. The average molecular weight is 376 g/mol. The van der Waals surface area contributed by atoms with Crippen LogP contribution in [0.25, 0.3) is 11.5 Å². The Labute approximate surface area is 162 Å². The van der Waals surface area contributed by atoms with Crippen molar-refractivity contribution >= 4 is 17.3 Å². The second-order valence-electron chi connectivity index (χ2n) is 6.23. The van der Waals surface area contributed by atoms with E-state index >= 15 is 0 Å². The third-order valence-corrected chi connectivity index (χ3v) is 4.70. The molecule has 27 heavy (non-hydrogen) atoms. The zero-order valence-electron chi connectivity index (χ0n) is 14.8. The Morgan fingerprint density at radius 3 is 2.33 bits per heavy atom. The summed E-state index contributed by atoms with van der Waals surface area (Å²) in [5.74, 6) is 0.891. The lowest BCUT2D eigenvalue weighted by Gasteiger charge is -2.18. The zero-order valence-corrected chi connectivity index (χ0v) is 15.5. The highest BCUT2D eigenvalue weighted by Gasteiger charge is 2.22. The smallest absolute Gasteiger partial charge is 0.249 e. The Kier molecular flexibility index (Phi) is 4.90. The van der Waals surface area contributed by atoms with Crippen LogP contribution in [0.15, 0.2) is 83.3 Å². The van der Waals surface area contributed by atoms with Gasteiger partial charge in [0.1, 0.15) is 6.04 Å². The largest absolute Gasteiger partial charge is 0.418 e. The SMILES string of the molecule is Cc1ccccc1N[C@@H](c1ccccc1)c1nnc(-c2ccccc2Cl)o1. The first-order valence-corrected chi connectivity index (χ1v) is 9.05. The van der Waals surface area contributed by atoms with Crippen LogP contribution in [-0.4, -0.2) is 10.2 Å². The molecule has 1 aromatic heterocycles. The lowest BCUT2D eigenvalue weighted by atomic mass is 10.1. The number of hydrogen-bond acceptors (Lipinski definition) is 4. The summed E-state index contributed by atoms with van der Waals surface area (Å²) < 4.78 is 6.01. The summed E-state index contributed by atoms with van der Waals surface area (Å²) in [5.41, 5.74) is 3.92. The fourth-order valence-electron chi connectivity index (χ4n) is 2.92. The van der Waals surface area contributed by atoms with Crippen molar-refractivity contribution in [3.05, 3.63) is 101 Å². The molecular formula is C22H18ClN3O. The van der Waals surface area contributed by atoms with Gasteiger partial charge in [0.15, 0.2) is 0 Å². The molecule has 1 N–H and O–H groups in total. The summed E-state index contributed by atoms with van der Waals surface area (Å²) in [7, 11) is 0. The van der Waals surface area contributed by atoms with Gasteiger partial charge in [-0.25, -0.2) is 0 Å². The number of benzene rings is 3. The number of rotatable bonds is 5. The van der Waals surface area contributed by atoms with Crippen molar-refractivity contribution in [2.45, 2.75) is 13.0 Å². The first-order chi connectivity index (χ1) is 13.2. The van der Waals surface area contributed by atoms with Crippen LogP contribution in [0.1, 0.15) is 23.1 Å². The van der Waals surface area contributed by atoms with Crippen molar-refractivity contribution in [2.24, 2.45) is 0 Å². The van der Waals surface area contributed by atoms with Crippen molar-refractivity contribution in [3.8, 4) is 11.5 Å². The van der Waals surface area contributed by atoms with Gasteiger partial charge in [-0.3, -0.25) is 0 Å². The van der Waals surface area contributed by atoms with Crippen molar-refractivity contribution in [1.29, 1.82) is 0 Å². The molecule has 0 aliphatic heterocycles. The average Bonchev–Trinajstić information content (AvgIpc) is 3.18. The Hall–Kier alpha value is -3.11. The van der Waals surface area contributed by atoms with Gasteiger partial charge < -0.3 is 9.73 Å². The van der Waals surface area contributed by atoms with E-state index in [1.165, 1.54) is 0 Å². The predicted octanol–water partition coefficient (Wildman–Crippen LogP) is 5.90. The molecule has 0 aliphatic rings.